The third-order valence-electron chi connectivity index (χ3n) is 2.89. The fraction of sp³-hybridized carbons (Fsp3) is 0.231. The van der Waals surface area contributed by atoms with E-state index in [2.05, 4.69) is 14.9 Å². The fourth-order valence-electron chi connectivity index (χ4n) is 1.94. The summed E-state index contributed by atoms with van der Waals surface area (Å²) in [6.45, 7) is 3.74. The lowest BCUT2D eigenvalue weighted by atomic mass is 10.3. The van der Waals surface area contributed by atoms with Gasteiger partial charge in [-0.1, -0.05) is 5.16 Å². The van der Waals surface area contributed by atoms with Crippen molar-refractivity contribution in [1.29, 1.82) is 0 Å². The first kappa shape index (κ1) is 14.2. The van der Waals surface area contributed by atoms with Crippen molar-refractivity contribution in [2.75, 3.05) is 0 Å². The van der Waals surface area contributed by atoms with Crippen molar-refractivity contribution in [2.45, 2.75) is 25.3 Å². The number of fused-ring (bicyclic) bond motifs is 1. The van der Waals surface area contributed by atoms with Gasteiger partial charge in [0.1, 0.15) is 0 Å². The van der Waals surface area contributed by atoms with Crippen LogP contribution in [-0.4, -0.2) is 18.6 Å². The highest BCUT2D eigenvalue weighted by molar-refractivity contribution is 7.89. The van der Waals surface area contributed by atoms with Gasteiger partial charge < -0.3 is 4.52 Å². The van der Waals surface area contributed by atoms with Crippen molar-refractivity contribution in [3.63, 3.8) is 0 Å². The molecule has 0 aliphatic rings. The maximum atomic E-state index is 12.3. The van der Waals surface area contributed by atoms with E-state index >= 15 is 0 Å². The maximum absolute atomic E-state index is 12.3. The summed E-state index contributed by atoms with van der Waals surface area (Å²) in [5.74, 6) is 0.478. The Morgan fingerprint density at radius 3 is 2.81 bits per heavy atom. The number of hydrogen-bond donors (Lipinski definition) is 1. The molecule has 0 aliphatic heterocycles. The molecule has 0 radical (unpaired) electrons. The van der Waals surface area contributed by atoms with E-state index in [1.807, 2.05) is 6.92 Å². The smallest absolute Gasteiger partial charge is 0.241 e. The Bertz CT molecular complexity index is 896. The molecule has 0 atom stereocenters. The van der Waals surface area contributed by atoms with Crippen LogP contribution in [0.15, 0.2) is 33.7 Å². The number of nitrogens with one attached hydrogen (secondary N) is 1. The number of sulfonamides is 1. The number of rotatable bonds is 4. The molecular formula is C13H13N3O3S2. The SMILES string of the molecule is Cc1cc(CNS(=O)(=O)c2ccc3nc(C)sc3c2)on1. The molecule has 8 heteroatoms. The predicted octanol–water partition coefficient (Wildman–Crippen LogP) is 2.38. The summed E-state index contributed by atoms with van der Waals surface area (Å²) >= 11 is 1.47. The van der Waals surface area contributed by atoms with Crippen molar-refractivity contribution in [2.24, 2.45) is 0 Å². The van der Waals surface area contributed by atoms with Gasteiger partial charge in [0.05, 0.1) is 32.4 Å². The summed E-state index contributed by atoms with van der Waals surface area (Å²) in [6.07, 6.45) is 0. The standard InChI is InChI=1S/C13H13N3O3S2/c1-8-5-10(19-16-8)7-14-21(17,18)11-3-4-12-13(6-11)20-9(2)15-12/h3-6,14H,7H2,1-2H3. The van der Waals surface area contributed by atoms with E-state index in [9.17, 15) is 8.42 Å². The van der Waals surface area contributed by atoms with Gasteiger partial charge in [-0.05, 0) is 32.0 Å². The number of thiazole rings is 1. The van der Waals surface area contributed by atoms with Crippen LogP contribution in [0, 0.1) is 13.8 Å². The highest BCUT2D eigenvalue weighted by Gasteiger charge is 2.16. The minimum atomic E-state index is -3.59. The van der Waals surface area contributed by atoms with Gasteiger partial charge in [0, 0.05) is 6.07 Å². The Balaban J connectivity index is 1.85. The predicted molar refractivity (Wildman–Crippen MR) is 79.6 cm³/mol. The molecule has 3 rings (SSSR count). The molecule has 6 nitrogen and oxygen atoms in total. The number of nitrogens with zero attached hydrogens (tertiary/aromatic N) is 2. The van der Waals surface area contributed by atoms with Gasteiger partial charge in [0.25, 0.3) is 0 Å². The van der Waals surface area contributed by atoms with Crippen LogP contribution < -0.4 is 4.72 Å². The zero-order valence-corrected chi connectivity index (χ0v) is 13.1. The average Bonchev–Trinajstić information content (AvgIpc) is 3.00. The normalized spacial score (nSPS) is 12.1. The number of aryl methyl sites for hydroxylation is 2. The zero-order chi connectivity index (χ0) is 15.0. The Morgan fingerprint density at radius 1 is 1.29 bits per heavy atom. The maximum Gasteiger partial charge on any atom is 0.241 e. The molecule has 21 heavy (non-hydrogen) atoms. The second kappa shape index (κ2) is 5.21. The van der Waals surface area contributed by atoms with Crippen LogP contribution in [0.4, 0.5) is 0 Å². The average molecular weight is 323 g/mol. The van der Waals surface area contributed by atoms with E-state index in [0.29, 0.717) is 11.5 Å². The quantitative estimate of drug-likeness (QED) is 0.797. The summed E-state index contributed by atoms with van der Waals surface area (Å²) in [5.41, 5.74) is 1.52. The molecule has 3 aromatic rings. The fourth-order valence-corrected chi connectivity index (χ4v) is 3.90. The van der Waals surface area contributed by atoms with E-state index in [0.717, 1.165) is 15.2 Å². The van der Waals surface area contributed by atoms with Gasteiger partial charge in [0.2, 0.25) is 10.0 Å². The second-order valence-corrected chi connectivity index (χ2v) is 7.62. The molecule has 1 N–H and O–H groups in total. The monoisotopic (exact) mass is 323 g/mol. The molecule has 0 spiro atoms. The van der Waals surface area contributed by atoms with Crippen LogP contribution in [0.25, 0.3) is 10.2 Å². The Kier molecular flexibility index (Phi) is 3.52. The van der Waals surface area contributed by atoms with E-state index in [4.69, 9.17) is 4.52 Å². The number of hydrogen-bond acceptors (Lipinski definition) is 6. The van der Waals surface area contributed by atoms with Crippen LogP contribution in [0.5, 0.6) is 0 Å². The van der Waals surface area contributed by atoms with Gasteiger partial charge in [-0.2, -0.15) is 0 Å². The van der Waals surface area contributed by atoms with Gasteiger partial charge in [0.15, 0.2) is 5.76 Å². The van der Waals surface area contributed by atoms with Crippen molar-refractivity contribution >= 4 is 31.6 Å². The number of benzene rings is 1. The zero-order valence-electron chi connectivity index (χ0n) is 11.5. The van der Waals surface area contributed by atoms with Crippen molar-refractivity contribution in [3.8, 4) is 0 Å². The molecule has 0 aliphatic carbocycles. The first-order valence-corrected chi connectivity index (χ1v) is 8.53. The molecule has 0 bridgehead atoms. The first-order valence-electron chi connectivity index (χ1n) is 6.23. The minimum absolute atomic E-state index is 0.0723. The minimum Gasteiger partial charge on any atom is -0.360 e. The van der Waals surface area contributed by atoms with Crippen LogP contribution in [0.3, 0.4) is 0 Å². The van der Waals surface area contributed by atoms with Crippen LogP contribution in [-0.2, 0) is 16.6 Å². The third kappa shape index (κ3) is 2.97. The lowest BCUT2D eigenvalue weighted by Gasteiger charge is -2.04. The first-order chi connectivity index (χ1) is 9.94. The van der Waals surface area contributed by atoms with Gasteiger partial charge in [-0.15, -0.1) is 11.3 Å². The van der Waals surface area contributed by atoms with Crippen molar-refractivity contribution < 1.29 is 12.9 Å². The third-order valence-corrected chi connectivity index (χ3v) is 5.22. The molecule has 1 aromatic carbocycles. The molecule has 0 fully saturated rings. The highest BCUT2D eigenvalue weighted by Crippen LogP contribution is 2.24. The number of aromatic nitrogens is 2. The summed E-state index contributed by atoms with van der Waals surface area (Å²) in [6, 6.07) is 6.59. The largest absolute Gasteiger partial charge is 0.360 e. The molecule has 0 amide bonds. The summed E-state index contributed by atoms with van der Waals surface area (Å²) < 4.78 is 32.9. The molecule has 0 saturated carbocycles. The van der Waals surface area contributed by atoms with E-state index in [1.54, 1.807) is 31.2 Å². The topological polar surface area (TPSA) is 85.1 Å². The van der Waals surface area contributed by atoms with Crippen LogP contribution in [0.1, 0.15) is 16.5 Å². The second-order valence-electron chi connectivity index (χ2n) is 4.62. The van der Waals surface area contributed by atoms with Crippen molar-refractivity contribution in [3.05, 3.63) is 40.7 Å². The van der Waals surface area contributed by atoms with Gasteiger partial charge in [-0.3, -0.25) is 0 Å². The summed E-state index contributed by atoms with van der Waals surface area (Å²) in [4.78, 5) is 4.53. The molecule has 0 saturated heterocycles. The van der Waals surface area contributed by atoms with Crippen LogP contribution >= 0.6 is 11.3 Å². The van der Waals surface area contributed by atoms with E-state index in [1.165, 1.54) is 11.3 Å². The molecule has 110 valence electrons. The highest BCUT2D eigenvalue weighted by atomic mass is 32.2. The van der Waals surface area contributed by atoms with Crippen molar-refractivity contribution in [1.82, 2.24) is 14.9 Å². The van der Waals surface area contributed by atoms with Gasteiger partial charge in [-0.25, -0.2) is 18.1 Å². The molecule has 2 aromatic heterocycles. The Labute approximate surface area is 125 Å². The molecule has 2 heterocycles. The summed E-state index contributed by atoms with van der Waals surface area (Å²) in [5, 5.41) is 4.62. The van der Waals surface area contributed by atoms with E-state index in [-0.39, 0.29) is 11.4 Å². The molecular weight excluding hydrogens is 310 g/mol. The Morgan fingerprint density at radius 2 is 2.10 bits per heavy atom. The van der Waals surface area contributed by atoms with Crippen LogP contribution in [0.2, 0.25) is 0 Å². The Hall–Kier alpha value is -1.77. The molecule has 0 unspecified atom stereocenters. The van der Waals surface area contributed by atoms with Gasteiger partial charge >= 0.3 is 0 Å². The lowest BCUT2D eigenvalue weighted by molar-refractivity contribution is 0.377. The summed E-state index contributed by atoms with van der Waals surface area (Å²) in [7, 11) is -3.59. The lowest BCUT2D eigenvalue weighted by Crippen LogP contribution is -2.22. The van der Waals surface area contributed by atoms with E-state index < -0.39 is 10.0 Å².